The highest BCUT2D eigenvalue weighted by Crippen LogP contribution is 2.16. The van der Waals surface area contributed by atoms with Crippen molar-refractivity contribution >= 4 is 9.84 Å². The Bertz CT molecular complexity index is 472. The average Bonchev–Trinajstić information content (AvgIpc) is 2.13. The molecule has 3 nitrogen and oxygen atoms in total. The fraction of sp³-hybridized carbons (Fsp3) is 0.538. The standard InChI is InChI=1S/C13H21NO2S/c1-9-5-10(2)7-13(6-9)8-17(15,16)12(4)11(3)14/h5-7,11-12H,8,14H2,1-4H3. The van der Waals surface area contributed by atoms with Crippen LogP contribution in [0.25, 0.3) is 0 Å². The molecule has 96 valence electrons. The molecule has 0 saturated heterocycles. The molecule has 17 heavy (non-hydrogen) atoms. The summed E-state index contributed by atoms with van der Waals surface area (Å²) in [6.07, 6.45) is 0. The number of nitrogens with two attached hydrogens (primary N) is 1. The van der Waals surface area contributed by atoms with Crippen LogP contribution in [-0.2, 0) is 15.6 Å². The van der Waals surface area contributed by atoms with Crippen molar-refractivity contribution in [1.29, 1.82) is 0 Å². The van der Waals surface area contributed by atoms with E-state index in [2.05, 4.69) is 0 Å². The van der Waals surface area contributed by atoms with Crippen molar-refractivity contribution in [3.8, 4) is 0 Å². The Hall–Kier alpha value is -0.870. The lowest BCUT2D eigenvalue weighted by molar-refractivity contribution is 0.567. The third-order valence-corrected chi connectivity index (χ3v) is 5.25. The molecule has 1 aromatic rings. The minimum absolute atomic E-state index is 0.0677. The van der Waals surface area contributed by atoms with Gasteiger partial charge in [-0.05, 0) is 33.3 Å². The van der Waals surface area contributed by atoms with Crippen molar-refractivity contribution in [3.05, 3.63) is 34.9 Å². The van der Waals surface area contributed by atoms with Crippen molar-refractivity contribution < 1.29 is 8.42 Å². The molecule has 0 heterocycles. The lowest BCUT2D eigenvalue weighted by Crippen LogP contribution is -2.36. The first-order valence-corrected chi connectivity index (χ1v) is 7.48. The Morgan fingerprint density at radius 2 is 1.59 bits per heavy atom. The molecule has 0 amide bonds. The van der Waals surface area contributed by atoms with Gasteiger partial charge in [-0.2, -0.15) is 0 Å². The van der Waals surface area contributed by atoms with Gasteiger partial charge in [-0.15, -0.1) is 0 Å². The third-order valence-electron chi connectivity index (χ3n) is 2.96. The molecule has 1 aromatic carbocycles. The van der Waals surface area contributed by atoms with Gasteiger partial charge in [-0.1, -0.05) is 29.3 Å². The Kier molecular flexibility index (Phi) is 4.33. The van der Waals surface area contributed by atoms with Gasteiger partial charge in [0.15, 0.2) is 9.84 Å². The van der Waals surface area contributed by atoms with Gasteiger partial charge in [-0.3, -0.25) is 0 Å². The zero-order chi connectivity index (χ0) is 13.2. The predicted octanol–water partition coefficient (Wildman–Crippen LogP) is 1.95. The molecule has 0 aliphatic rings. The Morgan fingerprint density at radius 3 is 2.00 bits per heavy atom. The lowest BCUT2D eigenvalue weighted by Gasteiger charge is -2.16. The van der Waals surface area contributed by atoms with Gasteiger partial charge in [-0.25, -0.2) is 8.42 Å². The molecule has 2 unspecified atom stereocenters. The number of hydrogen-bond acceptors (Lipinski definition) is 3. The van der Waals surface area contributed by atoms with Crippen molar-refractivity contribution in [2.45, 2.75) is 44.7 Å². The van der Waals surface area contributed by atoms with E-state index in [9.17, 15) is 8.42 Å². The summed E-state index contributed by atoms with van der Waals surface area (Å²) in [4.78, 5) is 0. The van der Waals surface area contributed by atoms with Crippen LogP contribution in [0.5, 0.6) is 0 Å². The second kappa shape index (κ2) is 5.19. The summed E-state index contributed by atoms with van der Waals surface area (Å²) < 4.78 is 24.2. The van der Waals surface area contributed by atoms with Gasteiger partial charge in [0.2, 0.25) is 0 Å². The van der Waals surface area contributed by atoms with E-state index in [0.717, 1.165) is 16.7 Å². The molecule has 0 spiro atoms. The minimum atomic E-state index is -3.17. The molecule has 0 aliphatic carbocycles. The Morgan fingerprint density at radius 1 is 1.12 bits per heavy atom. The Balaban J connectivity index is 2.98. The van der Waals surface area contributed by atoms with Crippen LogP contribution in [-0.4, -0.2) is 19.7 Å². The molecule has 1 rings (SSSR count). The second-order valence-electron chi connectivity index (χ2n) is 4.87. The maximum absolute atomic E-state index is 12.1. The lowest BCUT2D eigenvalue weighted by atomic mass is 10.1. The van der Waals surface area contributed by atoms with Crippen LogP contribution in [0, 0.1) is 13.8 Å². The monoisotopic (exact) mass is 255 g/mol. The molecule has 2 N–H and O–H groups in total. The van der Waals surface area contributed by atoms with E-state index in [1.165, 1.54) is 0 Å². The van der Waals surface area contributed by atoms with Crippen LogP contribution >= 0.6 is 0 Å². The molecule has 0 aromatic heterocycles. The predicted molar refractivity (Wildman–Crippen MR) is 71.7 cm³/mol. The number of sulfone groups is 1. The summed E-state index contributed by atoms with van der Waals surface area (Å²) >= 11 is 0. The summed E-state index contributed by atoms with van der Waals surface area (Å²) in [6, 6.07) is 5.52. The summed E-state index contributed by atoms with van der Waals surface area (Å²) in [5, 5.41) is -0.511. The Labute approximate surface area is 104 Å². The molecule has 2 atom stereocenters. The first kappa shape index (κ1) is 14.2. The topological polar surface area (TPSA) is 60.2 Å². The van der Waals surface area contributed by atoms with Crippen LogP contribution in [0.4, 0.5) is 0 Å². The second-order valence-corrected chi connectivity index (χ2v) is 7.23. The summed E-state index contributed by atoms with van der Waals surface area (Å²) in [6.45, 7) is 7.34. The SMILES string of the molecule is Cc1cc(C)cc(CS(=O)(=O)C(C)C(C)N)c1. The highest BCUT2D eigenvalue weighted by atomic mass is 32.2. The number of aryl methyl sites for hydroxylation is 2. The zero-order valence-electron chi connectivity index (χ0n) is 10.9. The van der Waals surface area contributed by atoms with Gasteiger partial charge in [0.25, 0.3) is 0 Å². The van der Waals surface area contributed by atoms with E-state index in [1.807, 2.05) is 32.0 Å². The maximum Gasteiger partial charge on any atom is 0.158 e. The highest BCUT2D eigenvalue weighted by Gasteiger charge is 2.24. The van der Waals surface area contributed by atoms with Crippen LogP contribution in [0.1, 0.15) is 30.5 Å². The molecule has 0 bridgehead atoms. The van der Waals surface area contributed by atoms with Gasteiger partial charge >= 0.3 is 0 Å². The molecule has 0 fully saturated rings. The van der Waals surface area contributed by atoms with Crippen molar-refractivity contribution in [2.75, 3.05) is 0 Å². The van der Waals surface area contributed by atoms with Gasteiger partial charge in [0.1, 0.15) is 0 Å². The highest BCUT2D eigenvalue weighted by molar-refractivity contribution is 7.91. The van der Waals surface area contributed by atoms with Crippen molar-refractivity contribution in [2.24, 2.45) is 5.73 Å². The minimum Gasteiger partial charge on any atom is -0.327 e. The summed E-state index contributed by atoms with van der Waals surface area (Å²) in [5.74, 6) is 0.0677. The third kappa shape index (κ3) is 3.82. The molecule has 0 saturated carbocycles. The first-order chi connectivity index (χ1) is 7.72. The molecule has 0 aliphatic heterocycles. The van der Waals surface area contributed by atoms with Crippen molar-refractivity contribution in [1.82, 2.24) is 0 Å². The average molecular weight is 255 g/mol. The zero-order valence-corrected chi connectivity index (χ0v) is 11.7. The molecule has 4 heteroatoms. The van der Waals surface area contributed by atoms with Crippen molar-refractivity contribution in [3.63, 3.8) is 0 Å². The van der Waals surface area contributed by atoms with Gasteiger partial charge < -0.3 is 5.73 Å². The smallest absolute Gasteiger partial charge is 0.158 e. The van der Waals surface area contributed by atoms with E-state index < -0.39 is 15.1 Å². The first-order valence-electron chi connectivity index (χ1n) is 5.76. The van der Waals surface area contributed by atoms with Gasteiger partial charge in [0, 0.05) is 6.04 Å². The quantitative estimate of drug-likeness (QED) is 0.894. The van der Waals surface area contributed by atoms with Crippen LogP contribution in [0.15, 0.2) is 18.2 Å². The van der Waals surface area contributed by atoms with Crippen LogP contribution in [0.2, 0.25) is 0 Å². The van der Waals surface area contributed by atoms with E-state index in [1.54, 1.807) is 13.8 Å². The van der Waals surface area contributed by atoms with Gasteiger partial charge in [0.05, 0.1) is 11.0 Å². The van der Waals surface area contributed by atoms with E-state index >= 15 is 0 Å². The van der Waals surface area contributed by atoms with E-state index in [4.69, 9.17) is 5.73 Å². The number of hydrogen-bond donors (Lipinski definition) is 1. The van der Waals surface area contributed by atoms with Crippen LogP contribution in [0.3, 0.4) is 0 Å². The largest absolute Gasteiger partial charge is 0.327 e. The normalized spacial score (nSPS) is 15.6. The fourth-order valence-corrected chi connectivity index (χ4v) is 3.39. The van der Waals surface area contributed by atoms with E-state index in [-0.39, 0.29) is 11.8 Å². The number of benzene rings is 1. The molecular weight excluding hydrogens is 234 g/mol. The van der Waals surface area contributed by atoms with Crippen LogP contribution < -0.4 is 5.73 Å². The molecule has 0 radical (unpaired) electrons. The fourth-order valence-electron chi connectivity index (χ4n) is 1.84. The maximum atomic E-state index is 12.1. The number of rotatable bonds is 4. The molecular formula is C13H21NO2S. The summed E-state index contributed by atoms with van der Waals surface area (Å²) in [5.41, 5.74) is 8.67. The summed E-state index contributed by atoms with van der Waals surface area (Å²) in [7, 11) is -3.17. The van der Waals surface area contributed by atoms with E-state index in [0.29, 0.717) is 0 Å².